The largest absolute Gasteiger partial charge is 0.457 e. The number of carbonyl (C=O) groups is 1. The molecule has 2 aromatic carbocycles. The van der Waals surface area contributed by atoms with Gasteiger partial charge in [-0.3, -0.25) is 0 Å². The SMILES string of the molecule is CN(C)c1ccc(N)cc1C(=O)OCc1ccccc1Cl. The molecular formula is C16H17ClN2O2. The van der Waals surface area contributed by atoms with Gasteiger partial charge in [0.25, 0.3) is 0 Å². The van der Waals surface area contributed by atoms with Crippen molar-refractivity contribution in [3.05, 3.63) is 58.6 Å². The third-order valence-electron chi connectivity index (χ3n) is 3.04. The topological polar surface area (TPSA) is 55.6 Å². The fourth-order valence-electron chi connectivity index (χ4n) is 1.94. The van der Waals surface area contributed by atoms with Crippen LogP contribution in [-0.2, 0) is 11.3 Å². The molecule has 0 aliphatic carbocycles. The summed E-state index contributed by atoms with van der Waals surface area (Å²) in [7, 11) is 3.72. The van der Waals surface area contributed by atoms with Crippen LogP contribution in [0.25, 0.3) is 0 Å². The van der Waals surface area contributed by atoms with Crippen LogP contribution in [0.2, 0.25) is 5.02 Å². The average Bonchev–Trinajstić information content (AvgIpc) is 2.45. The number of rotatable bonds is 4. The van der Waals surface area contributed by atoms with Crippen molar-refractivity contribution < 1.29 is 9.53 Å². The Morgan fingerprint density at radius 3 is 2.62 bits per heavy atom. The van der Waals surface area contributed by atoms with Gasteiger partial charge in [-0.2, -0.15) is 0 Å². The molecule has 0 fully saturated rings. The van der Waals surface area contributed by atoms with E-state index in [-0.39, 0.29) is 6.61 Å². The van der Waals surface area contributed by atoms with Crippen LogP contribution in [0.3, 0.4) is 0 Å². The minimum atomic E-state index is -0.425. The molecule has 5 heteroatoms. The molecule has 0 unspecified atom stereocenters. The van der Waals surface area contributed by atoms with Crippen LogP contribution in [-0.4, -0.2) is 20.1 Å². The quantitative estimate of drug-likeness (QED) is 0.695. The molecule has 0 aliphatic rings. The fraction of sp³-hybridized carbons (Fsp3) is 0.188. The molecule has 0 bridgehead atoms. The maximum Gasteiger partial charge on any atom is 0.340 e. The van der Waals surface area contributed by atoms with Crippen LogP contribution < -0.4 is 10.6 Å². The predicted molar refractivity (Wildman–Crippen MR) is 85.8 cm³/mol. The molecule has 0 spiro atoms. The number of nitrogens with two attached hydrogens (primary N) is 1. The smallest absolute Gasteiger partial charge is 0.340 e. The van der Waals surface area contributed by atoms with E-state index in [1.54, 1.807) is 24.3 Å². The summed E-state index contributed by atoms with van der Waals surface area (Å²) < 4.78 is 5.34. The highest BCUT2D eigenvalue weighted by Gasteiger charge is 2.15. The monoisotopic (exact) mass is 304 g/mol. The van der Waals surface area contributed by atoms with Gasteiger partial charge in [0, 0.05) is 30.4 Å². The second-order valence-corrected chi connectivity index (χ2v) is 5.25. The molecule has 2 rings (SSSR count). The zero-order valence-corrected chi connectivity index (χ0v) is 12.7. The van der Waals surface area contributed by atoms with Gasteiger partial charge in [-0.1, -0.05) is 29.8 Å². The number of nitrogen functional groups attached to an aromatic ring is 1. The van der Waals surface area contributed by atoms with Crippen LogP contribution >= 0.6 is 11.6 Å². The van der Waals surface area contributed by atoms with Gasteiger partial charge < -0.3 is 15.4 Å². The minimum Gasteiger partial charge on any atom is -0.457 e. The maximum atomic E-state index is 12.3. The van der Waals surface area contributed by atoms with Crippen molar-refractivity contribution in [3.63, 3.8) is 0 Å². The second-order valence-electron chi connectivity index (χ2n) is 4.84. The number of carbonyl (C=O) groups excluding carboxylic acids is 1. The normalized spacial score (nSPS) is 10.2. The van der Waals surface area contributed by atoms with E-state index in [0.717, 1.165) is 11.3 Å². The molecule has 0 aromatic heterocycles. The van der Waals surface area contributed by atoms with Gasteiger partial charge >= 0.3 is 5.97 Å². The first-order valence-corrected chi connectivity index (χ1v) is 6.84. The van der Waals surface area contributed by atoms with E-state index in [9.17, 15) is 4.79 Å². The number of hydrogen-bond acceptors (Lipinski definition) is 4. The third kappa shape index (κ3) is 3.67. The minimum absolute atomic E-state index is 0.125. The van der Waals surface area contributed by atoms with Crippen molar-refractivity contribution in [3.8, 4) is 0 Å². The standard InChI is InChI=1S/C16H17ClN2O2/c1-19(2)15-8-7-12(18)9-13(15)16(20)21-10-11-5-3-4-6-14(11)17/h3-9H,10,18H2,1-2H3. The Morgan fingerprint density at radius 2 is 1.95 bits per heavy atom. The number of esters is 1. The Morgan fingerprint density at radius 1 is 1.24 bits per heavy atom. The number of halogens is 1. The Labute approximate surface area is 129 Å². The summed E-state index contributed by atoms with van der Waals surface area (Å²) in [6.45, 7) is 0.125. The molecule has 0 aliphatic heterocycles. The molecule has 4 nitrogen and oxygen atoms in total. The lowest BCUT2D eigenvalue weighted by molar-refractivity contribution is 0.0474. The van der Waals surface area contributed by atoms with E-state index >= 15 is 0 Å². The molecule has 2 N–H and O–H groups in total. The average molecular weight is 305 g/mol. The van der Waals surface area contributed by atoms with Gasteiger partial charge in [0.05, 0.1) is 11.3 Å². The molecule has 0 heterocycles. The Hall–Kier alpha value is -2.20. The summed E-state index contributed by atoms with van der Waals surface area (Å²) in [5.74, 6) is -0.425. The van der Waals surface area contributed by atoms with Crippen molar-refractivity contribution in [2.75, 3.05) is 24.7 Å². The summed E-state index contributed by atoms with van der Waals surface area (Å²) in [5, 5.41) is 0.575. The maximum absolute atomic E-state index is 12.3. The molecule has 0 radical (unpaired) electrons. The van der Waals surface area contributed by atoms with Crippen LogP contribution in [0.4, 0.5) is 11.4 Å². The molecule has 21 heavy (non-hydrogen) atoms. The van der Waals surface area contributed by atoms with E-state index in [4.69, 9.17) is 22.1 Å². The van der Waals surface area contributed by atoms with E-state index in [1.807, 2.05) is 37.2 Å². The van der Waals surface area contributed by atoms with Gasteiger partial charge in [-0.25, -0.2) is 4.79 Å². The highest BCUT2D eigenvalue weighted by molar-refractivity contribution is 6.31. The summed E-state index contributed by atoms with van der Waals surface area (Å²) in [6, 6.07) is 12.4. The molecule has 0 saturated heterocycles. The number of benzene rings is 2. The lowest BCUT2D eigenvalue weighted by Gasteiger charge is -2.17. The lowest BCUT2D eigenvalue weighted by atomic mass is 10.1. The zero-order chi connectivity index (χ0) is 15.4. The zero-order valence-electron chi connectivity index (χ0n) is 12.0. The Balaban J connectivity index is 2.17. The van der Waals surface area contributed by atoms with Crippen molar-refractivity contribution in [1.82, 2.24) is 0 Å². The number of nitrogens with zero attached hydrogens (tertiary/aromatic N) is 1. The first-order chi connectivity index (χ1) is 9.99. The van der Waals surface area contributed by atoms with Crippen LogP contribution in [0.15, 0.2) is 42.5 Å². The second kappa shape index (κ2) is 6.50. The fourth-order valence-corrected chi connectivity index (χ4v) is 2.13. The predicted octanol–water partition coefficient (Wildman–Crippen LogP) is 3.35. The van der Waals surface area contributed by atoms with Crippen LogP contribution in [0.5, 0.6) is 0 Å². The summed E-state index contributed by atoms with van der Waals surface area (Å²) in [6.07, 6.45) is 0. The molecule has 0 atom stereocenters. The molecular weight excluding hydrogens is 288 g/mol. The number of anilines is 2. The lowest BCUT2D eigenvalue weighted by Crippen LogP contribution is -2.16. The number of ether oxygens (including phenoxy) is 1. The van der Waals surface area contributed by atoms with Gasteiger partial charge in [-0.15, -0.1) is 0 Å². The summed E-state index contributed by atoms with van der Waals surface area (Å²) >= 11 is 6.04. The number of hydrogen-bond donors (Lipinski definition) is 1. The first kappa shape index (κ1) is 15.2. The molecule has 0 amide bonds. The summed E-state index contributed by atoms with van der Waals surface area (Å²) in [5.41, 5.74) is 8.23. The van der Waals surface area contributed by atoms with Crippen LogP contribution in [0.1, 0.15) is 15.9 Å². The third-order valence-corrected chi connectivity index (χ3v) is 3.41. The van der Waals surface area contributed by atoms with Gasteiger partial charge in [0.15, 0.2) is 0 Å². The Kier molecular flexibility index (Phi) is 4.70. The van der Waals surface area contributed by atoms with E-state index < -0.39 is 5.97 Å². The molecule has 110 valence electrons. The molecule has 2 aromatic rings. The van der Waals surface area contributed by atoms with E-state index in [2.05, 4.69) is 0 Å². The van der Waals surface area contributed by atoms with Gasteiger partial charge in [-0.05, 0) is 24.3 Å². The van der Waals surface area contributed by atoms with Crippen molar-refractivity contribution in [1.29, 1.82) is 0 Å². The van der Waals surface area contributed by atoms with E-state index in [0.29, 0.717) is 16.3 Å². The van der Waals surface area contributed by atoms with Crippen molar-refractivity contribution in [2.24, 2.45) is 0 Å². The van der Waals surface area contributed by atoms with Crippen molar-refractivity contribution >= 4 is 28.9 Å². The van der Waals surface area contributed by atoms with Gasteiger partial charge in [0.1, 0.15) is 6.61 Å². The van der Waals surface area contributed by atoms with E-state index in [1.165, 1.54) is 0 Å². The highest BCUT2D eigenvalue weighted by atomic mass is 35.5. The molecule has 0 saturated carbocycles. The Bertz CT molecular complexity index is 656. The first-order valence-electron chi connectivity index (χ1n) is 6.46. The van der Waals surface area contributed by atoms with Gasteiger partial charge in [0.2, 0.25) is 0 Å². The highest BCUT2D eigenvalue weighted by Crippen LogP contribution is 2.23. The van der Waals surface area contributed by atoms with Crippen molar-refractivity contribution in [2.45, 2.75) is 6.61 Å². The van der Waals surface area contributed by atoms with Crippen LogP contribution in [0, 0.1) is 0 Å². The summed E-state index contributed by atoms with van der Waals surface area (Å²) in [4.78, 5) is 14.1.